The van der Waals surface area contributed by atoms with Gasteiger partial charge in [0.15, 0.2) is 0 Å². The van der Waals surface area contributed by atoms with E-state index in [2.05, 4.69) is 11.9 Å². The highest BCUT2D eigenvalue weighted by Crippen LogP contribution is 2.33. The average molecular weight is 351 g/mol. The summed E-state index contributed by atoms with van der Waals surface area (Å²) in [4.78, 5) is 18.7. The number of rotatable bonds is 8. The molecule has 5 nitrogen and oxygen atoms in total. The molecule has 1 unspecified atom stereocenters. The predicted octanol–water partition coefficient (Wildman–Crippen LogP) is 4.93. The number of aryl methyl sites for hydroxylation is 1. The van der Waals surface area contributed by atoms with Gasteiger partial charge in [-0.2, -0.15) is 0 Å². The van der Waals surface area contributed by atoms with Crippen LogP contribution in [0.4, 0.5) is 4.79 Å². The Morgan fingerprint density at radius 2 is 1.80 bits per heavy atom. The molecule has 0 saturated heterocycles. The molecule has 0 radical (unpaired) electrons. The lowest BCUT2D eigenvalue weighted by molar-refractivity contribution is 0.118. The maximum Gasteiger partial charge on any atom is 0.415 e. The quantitative estimate of drug-likeness (QED) is 0.675. The normalized spacial score (nSPS) is 12.6. The monoisotopic (exact) mass is 350 g/mol. The smallest absolute Gasteiger partial charge is 0.409 e. The standard InChI is InChI=1S/C20H34N2O3/c1-8-9-10-11-18(23)17-12-21-16(7)15(6)19(17)25-20(24)22(13(2)3)14(4)5/h12-14,18,23H,8-11H2,1-7H3. The molecule has 1 amide bonds. The van der Waals surface area contributed by atoms with E-state index in [1.165, 1.54) is 0 Å². The van der Waals surface area contributed by atoms with Crippen molar-refractivity contribution in [2.45, 2.75) is 92.3 Å². The predicted molar refractivity (Wildman–Crippen MR) is 101 cm³/mol. The van der Waals surface area contributed by atoms with Crippen LogP contribution >= 0.6 is 0 Å². The molecule has 25 heavy (non-hydrogen) atoms. The lowest BCUT2D eigenvalue weighted by Gasteiger charge is -2.30. The third-order valence-corrected chi connectivity index (χ3v) is 4.50. The number of hydrogen-bond acceptors (Lipinski definition) is 4. The van der Waals surface area contributed by atoms with Crippen molar-refractivity contribution in [2.75, 3.05) is 0 Å². The summed E-state index contributed by atoms with van der Waals surface area (Å²) in [5.74, 6) is 0.452. The van der Waals surface area contributed by atoms with Crippen LogP contribution in [0.25, 0.3) is 0 Å². The van der Waals surface area contributed by atoms with Gasteiger partial charge in [0.1, 0.15) is 5.75 Å². The van der Waals surface area contributed by atoms with Gasteiger partial charge in [-0.1, -0.05) is 26.2 Å². The van der Waals surface area contributed by atoms with E-state index in [1.54, 1.807) is 11.1 Å². The number of amides is 1. The van der Waals surface area contributed by atoms with Crippen LogP contribution < -0.4 is 4.74 Å². The van der Waals surface area contributed by atoms with Crippen molar-refractivity contribution in [1.82, 2.24) is 9.88 Å². The number of nitrogens with zero attached hydrogens (tertiary/aromatic N) is 2. The fourth-order valence-corrected chi connectivity index (χ4v) is 2.98. The molecule has 0 bridgehead atoms. The summed E-state index contributed by atoms with van der Waals surface area (Å²) >= 11 is 0. The van der Waals surface area contributed by atoms with Gasteiger partial charge >= 0.3 is 6.09 Å². The largest absolute Gasteiger partial charge is 0.415 e. The fraction of sp³-hybridized carbons (Fsp3) is 0.700. The highest BCUT2D eigenvalue weighted by atomic mass is 16.6. The molecule has 1 heterocycles. The van der Waals surface area contributed by atoms with Crippen LogP contribution in [-0.4, -0.2) is 33.2 Å². The number of carbonyl (C=O) groups excluding carboxylic acids is 1. The number of aromatic nitrogens is 1. The van der Waals surface area contributed by atoms with Crippen molar-refractivity contribution in [2.24, 2.45) is 0 Å². The molecule has 0 spiro atoms. The summed E-state index contributed by atoms with van der Waals surface area (Å²) in [6, 6.07) is 0.0716. The van der Waals surface area contributed by atoms with Crippen LogP contribution in [0.2, 0.25) is 0 Å². The number of unbranched alkanes of at least 4 members (excludes halogenated alkanes) is 2. The maximum atomic E-state index is 12.7. The highest BCUT2D eigenvalue weighted by molar-refractivity contribution is 5.72. The van der Waals surface area contributed by atoms with Crippen molar-refractivity contribution in [3.63, 3.8) is 0 Å². The van der Waals surface area contributed by atoms with Gasteiger partial charge in [0.2, 0.25) is 0 Å². The Kier molecular flexibility index (Phi) is 8.36. The van der Waals surface area contributed by atoms with Crippen LogP contribution in [0.15, 0.2) is 6.20 Å². The molecule has 0 aliphatic heterocycles. The minimum atomic E-state index is -0.673. The summed E-state index contributed by atoms with van der Waals surface area (Å²) in [7, 11) is 0. The molecule has 1 aromatic heterocycles. The Morgan fingerprint density at radius 1 is 1.20 bits per heavy atom. The number of aliphatic hydroxyl groups excluding tert-OH is 1. The molecule has 0 saturated carbocycles. The van der Waals surface area contributed by atoms with E-state index < -0.39 is 6.10 Å². The Balaban J connectivity index is 3.11. The van der Waals surface area contributed by atoms with Crippen molar-refractivity contribution < 1.29 is 14.6 Å². The number of carbonyl (C=O) groups is 1. The van der Waals surface area contributed by atoms with Crippen molar-refractivity contribution in [1.29, 1.82) is 0 Å². The second-order valence-electron chi connectivity index (χ2n) is 7.23. The second kappa shape index (κ2) is 9.76. The van der Waals surface area contributed by atoms with Crippen LogP contribution in [-0.2, 0) is 0 Å². The first-order chi connectivity index (χ1) is 11.7. The Morgan fingerprint density at radius 3 is 2.32 bits per heavy atom. The third kappa shape index (κ3) is 5.70. The van der Waals surface area contributed by atoms with Crippen LogP contribution in [0.5, 0.6) is 5.75 Å². The third-order valence-electron chi connectivity index (χ3n) is 4.50. The SMILES string of the molecule is CCCCCC(O)c1cnc(C)c(C)c1OC(=O)N(C(C)C)C(C)C. The van der Waals surface area contributed by atoms with Gasteiger partial charge in [0, 0.05) is 35.1 Å². The first-order valence-electron chi connectivity index (χ1n) is 9.34. The van der Waals surface area contributed by atoms with Crippen LogP contribution in [0.1, 0.15) is 83.2 Å². The van der Waals surface area contributed by atoms with Gasteiger partial charge in [-0.25, -0.2) is 4.79 Å². The Bertz CT molecular complexity index is 562. The number of hydrogen-bond donors (Lipinski definition) is 1. The van der Waals surface area contributed by atoms with Gasteiger partial charge in [-0.3, -0.25) is 4.98 Å². The van der Waals surface area contributed by atoms with Crippen LogP contribution in [0.3, 0.4) is 0 Å². The van der Waals surface area contributed by atoms with Gasteiger partial charge in [-0.05, 0) is 48.0 Å². The molecule has 5 heteroatoms. The molecular formula is C20H34N2O3. The topological polar surface area (TPSA) is 62.7 Å². The summed E-state index contributed by atoms with van der Waals surface area (Å²) < 4.78 is 5.76. The Labute approximate surface area is 152 Å². The van der Waals surface area contributed by atoms with Gasteiger partial charge in [0.25, 0.3) is 0 Å². The van der Waals surface area contributed by atoms with Gasteiger partial charge < -0.3 is 14.7 Å². The minimum absolute atomic E-state index is 0.0358. The summed E-state index contributed by atoms with van der Waals surface area (Å²) in [5, 5.41) is 10.6. The van der Waals surface area contributed by atoms with E-state index in [1.807, 2.05) is 41.5 Å². The van der Waals surface area contributed by atoms with E-state index in [-0.39, 0.29) is 18.2 Å². The molecule has 0 aliphatic carbocycles. The summed E-state index contributed by atoms with van der Waals surface area (Å²) in [6.45, 7) is 13.7. The van der Waals surface area contributed by atoms with E-state index in [0.29, 0.717) is 17.7 Å². The Hall–Kier alpha value is -1.62. The molecule has 1 atom stereocenters. The highest BCUT2D eigenvalue weighted by Gasteiger charge is 2.26. The minimum Gasteiger partial charge on any atom is -0.409 e. The van der Waals surface area contributed by atoms with Crippen LogP contribution in [0, 0.1) is 13.8 Å². The van der Waals surface area contributed by atoms with Crippen molar-refractivity contribution in [3.8, 4) is 5.75 Å². The zero-order valence-corrected chi connectivity index (χ0v) is 16.8. The molecule has 1 N–H and O–H groups in total. The van der Waals surface area contributed by atoms with Crippen molar-refractivity contribution >= 4 is 6.09 Å². The maximum absolute atomic E-state index is 12.7. The van der Waals surface area contributed by atoms with E-state index in [0.717, 1.165) is 30.5 Å². The molecule has 0 aromatic carbocycles. The van der Waals surface area contributed by atoms with Crippen molar-refractivity contribution in [3.05, 3.63) is 23.0 Å². The molecule has 0 aliphatic rings. The second-order valence-corrected chi connectivity index (χ2v) is 7.23. The van der Waals surface area contributed by atoms with E-state index >= 15 is 0 Å². The molecule has 1 aromatic rings. The first kappa shape index (κ1) is 21.4. The average Bonchev–Trinajstić information content (AvgIpc) is 2.51. The van der Waals surface area contributed by atoms with E-state index in [9.17, 15) is 9.90 Å². The fourth-order valence-electron chi connectivity index (χ4n) is 2.98. The summed E-state index contributed by atoms with van der Waals surface area (Å²) in [5.41, 5.74) is 2.20. The summed E-state index contributed by atoms with van der Waals surface area (Å²) in [6.07, 6.45) is 4.31. The number of ether oxygens (including phenoxy) is 1. The zero-order valence-electron chi connectivity index (χ0n) is 16.8. The molecule has 1 rings (SSSR count). The molecule has 0 fully saturated rings. The van der Waals surface area contributed by atoms with E-state index in [4.69, 9.17) is 4.74 Å². The zero-order chi connectivity index (χ0) is 19.1. The molecule has 142 valence electrons. The number of aliphatic hydroxyl groups is 1. The number of pyridine rings is 1. The lowest BCUT2D eigenvalue weighted by atomic mass is 10.0. The van der Waals surface area contributed by atoms with Gasteiger partial charge in [0.05, 0.1) is 6.10 Å². The molecular weight excluding hydrogens is 316 g/mol. The first-order valence-corrected chi connectivity index (χ1v) is 9.34. The lowest BCUT2D eigenvalue weighted by Crippen LogP contribution is -2.43. The van der Waals surface area contributed by atoms with Gasteiger partial charge in [-0.15, -0.1) is 0 Å².